The quantitative estimate of drug-likeness (QED) is 0.725. The predicted molar refractivity (Wildman–Crippen MR) is 81.0 cm³/mol. The van der Waals surface area contributed by atoms with Crippen LogP contribution in [0, 0.1) is 0 Å². The van der Waals surface area contributed by atoms with E-state index in [0.29, 0.717) is 6.54 Å². The van der Waals surface area contributed by atoms with Gasteiger partial charge >= 0.3 is 11.5 Å². The fraction of sp³-hybridized carbons (Fsp3) is 0.923. The molecule has 5 nitrogen and oxygen atoms in total. The second-order valence-corrected chi connectivity index (χ2v) is 6.65. The molecule has 0 aromatic rings. The highest BCUT2D eigenvalue weighted by atomic mass is 32.2. The van der Waals surface area contributed by atoms with Crippen molar-refractivity contribution in [3.8, 4) is 0 Å². The van der Waals surface area contributed by atoms with Crippen LogP contribution in [0.1, 0.15) is 20.8 Å². The van der Waals surface area contributed by atoms with E-state index in [1.165, 1.54) is 0 Å². The van der Waals surface area contributed by atoms with Crippen molar-refractivity contribution in [2.75, 3.05) is 31.9 Å². The summed E-state index contributed by atoms with van der Waals surface area (Å²) in [5, 5.41) is 5.10. The number of carbonyl (C=O) groups is 1. The Morgan fingerprint density at radius 1 is 1.32 bits per heavy atom. The normalized spacial score (nSPS) is 24.8. The molecule has 0 spiro atoms. The minimum absolute atomic E-state index is 0.0178. The maximum absolute atomic E-state index is 11.9. The van der Waals surface area contributed by atoms with Crippen LogP contribution in [0.5, 0.6) is 0 Å². The molecular weight excluding hydrogens is 319 g/mol. The molecular formula is C13H24F3N3O2S. The van der Waals surface area contributed by atoms with Gasteiger partial charge in [-0.15, -0.1) is 0 Å². The monoisotopic (exact) mass is 343 g/mol. The van der Waals surface area contributed by atoms with Crippen LogP contribution in [-0.2, 0) is 4.74 Å². The number of hydrogen-bond acceptors (Lipinski definition) is 4. The fourth-order valence-electron chi connectivity index (χ4n) is 2.34. The van der Waals surface area contributed by atoms with Crippen molar-refractivity contribution in [1.82, 2.24) is 15.5 Å². The number of alkyl halides is 3. The molecule has 1 aliphatic heterocycles. The number of urea groups is 1. The average molecular weight is 343 g/mol. The van der Waals surface area contributed by atoms with Crippen LogP contribution in [0.3, 0.4) is 0 Å². The molecule has 0 aromatic heterocycles. The number of carbonyl (C=O) groups excluding carboxylic acids is 1. The van der Waals surface area contributed by atoms with Gasteiger partial charge in [-0.1, -0.05) is 0 Å². The zero-order chi connectivity index (χ0) is 16.8. The summed E-state index contributed by atoms with van der Waals surface area (Å²) in [6.07, 6.45) is 0.304. The van der Waals surface area contributed by atoms with E-state index >= 15 is 0 Å². The van der Waals surface area contributed by atoms with Crippen LogP contribution in [0.25, 0.3) is 0 Å². The number of thioether (sulfide) groups is 1. The van der Waals surface area contributed by atoms with Gasteiger partial charge in [0.05, 0.1) is 12.2 Å². The minimum Gasteiger partial charge on any atom is -0.373 e. The molecule has 0 aliphatic carbocycles. The van der Waals surface area contributed by atoms with Gasteiger partial charge in [0, 0.05) is 38.0 Å². The van der Waals surface area contributed by atoms with E-state index in [1.807, 2.05) is 20.8 Å². The highest BCUT2D eigenvalue weighted by Gasteiger charge is 2.28. The molecule has 0 saturated carbocycles. The Kier molecular flexibility index (Phi) is 7.78. The Bertz CT molecular complexity index is 348. The Morgan fingerprint density at radius 2 is 1.91 bits per heavy atom. The van der Waals surface area contributed by atoms with Gasteiger partial charge in [0.1, 0.15) is 0 Å². The first-order valence-corrected chi connectivity index (χ1v) is 8.28. The number of ether oxygens (including phenoxy) is 1. The van der Waals surface area contributed by atoms with Gasteiger partial charge in [0.2, 0.25) is 0 Å². The van der Waals surface area contributed by atoms with Gasteiger partial charge in [0.25, 0.3) is 0 Å². The zero-order valence-corrected chi connectivity index (χ0v) is 13.9. The Morgan fingerprint density at radius 3 is 2.45 bits per heavy atom. The molecule has 1 heterocycles. The molecule has 0 aromatic carbocycles. The first-order chi connectivity index (χ1) is 10.2. The topological polar surface area (TPSA) is 53.6 Å². The van der Waals surface area contributed by atoms with Crippen molar-refractivity contribution in [2.24, 2.45) is 0 Å². The largest absolute Gasteiger partial charge is 0.441 e. The number of hydrogen-bond donors (Lipinski definition) is 2. The van der Waals surface area contributed by atoms with Crippen molar-refractivity contribution >= 4 is 17.8 Å². The van der Waals surface area contributed by atoms with Crippen molar-refractivity contribution in [3.63, 3.8) is 0 Å². The Labute approximate surface area is 133 Å². The van der Waals surface area contributed by atoms with Crippen molar-refractivity contribution in [1.29, 1.82) is 0 Å². The van der Waals surface area contributed by atoms with E-state index in [-0.39, 0.29) is 42.3 Å². The van der Waals surface area contributed by atoms with Crippen LogP contribution in [0.2, 0.25) is 0 Å². The van der Waals surface area contributed by atoms with Crippen LogP contribution >= 0.6 is 11.8 Å². The summed E-state index contributed by atoms with van der Waals surface area (Å²) < 4.78 is 41.4. The average Bonchev–Trinajstić information content (AvgIpc) is 2.38. The molecule has 3 atom stereocenters. The van der Waals surface area contributed by atoms with Gasteiger partial charge in [0.15, 0.2) is 0 Å². The van der Waals surface area contributed by atoms with Gasteiger partial charge in [-0.05, 0) is 32.5 Å². The van der Waals surface area contributed by atoms with Gasteiger partial charge in [-0.25, -0.2) is 4.79 Å². The third-order valence-corrected chi connectivity index (χ3v) is 4.02. The van der Waals surface area contributed by atoms with E-state index in [0.717, 1.165) is 13.1 Å². The predicted octanol–water partition coefficient (Wildman–Crippen LogP) is 2.04. The minimum atomic E-state index is -4.25. The number of halogens is 3. The number of morpholine rings is 1. The molecule has 22 heavy (non-hydrogen) atoms. The van der Waals surface area contributed by atoms with E-state index in [1.54, 1.807) is 0 Å². The molecule has 2 N–H and O–H groups in total. The maximum atomic E-state index is 11.9. The number of nitrogens with one attached hydrogen (secondary N) is 2. The van der Waals surface area contributed by atoms with E-state index < -0.39 is 11.5 Å². The van der Waals surface area contributed by atoms with Crippen molar-refractivity contribution < 1.29 is 22.7 Å². The summed E-state index contributed by atoms with van der Waals surface area (Å²) in [7, 11) is 0. The third-order valence-electron chi connectivity index (χ3n) is 3.28. The summed E-state index contributed by atoms with van der Waals surface area (Å²) in [4.78, 5) is 13.8. The lowest BCUT2D eigenvalue weighted by molar-refractivity contribution is -0.0778. The SMILES string of the molecule is C[C@@H]1CN([C@H](C)CNC(=O)NCCSC(F)(F)F)C[C@@H](C)O1. The zero-order valence-electron chi connectivity index (χ0n) is 13.1. The fourth-order valence-corrected chi connectivity index (χ4v) is 2.78. The van der Waals surface area contributed by atoms with E-state index in [2.05, 4.69) is 15.5 Å². The molecule has 130 valence electrons. The highest BCUT2D eigenvalue weighted by Crippen LogP contribution is 2.29. The summed E-state index contributed by atoms with van der Waals surface area (Å²) in [6, 6.07) is -0.298. The lowest BCUT2D eigenvalue weighted by Crippen LogP contribution is -2.53. The molecule has 0 radical (unpaired) electrons. The molecule has 1 aliphatic rings. The first-order valence-electron chi connectivity index (χ1n) is 7.29. The third kappa shape index (κ3) is 8.09. The number of amides is 2. The molecule has 0 bridgehead atoms. The second kappa shape index (κ2) is 8.83. The molecule has 9 heteroatoms. The number of nitrogens with zero attached hydrogens (tertiary/aromatic N) is 1. The molecule has 2 amide bonds. The second-order valence-electron chi connectivity index (χ2n) is 5.49. The highest BCUT2D eigenvalue weighted by molar-refractivity contribution is 8.00. The van der Waals surface area contributed by atoms with Gasteiger partial charge < -0.3 is 15.4 Å². The number of rotatable bonds is 6. The standard InChI is InChI=1S/C13H24F3N3O2S/c1-9(19-7-10(2)21-11(3)8-19)6-18-12(20)17-4-5-22-13(14,15)16/h9-11H,4-8H2,1-3H3,(H2,17,18,20)/t9-,10-,11-/m1/s1. The summed E-state index contributed by atoms with van der Waals surface area (Å²) in [5.41, 5.74) is -4.25. The van der Waals surface area contributed by atoms with Crippen molar-refractivity contribution in [3.05, 3.63) is 0 Å². The summed E-state index contributed by atoms with van der Waals surface area (Å²) in [5.74, 6) is -0.190. The Balaban J connectivity index is 2.17. The van der Waals surface area contributed by atoms with Gasteiger partial charge in [-0.2, -0.15) is 13.2 Å². The molecule has 1 rings (SSSR count). The molecule has 1 fully saturated rings. The maximum Gasteiger partial charge on any atom is 0.441 e. The summed E-state index contributed by atoms with van der Waals surface area (Å²) >= 11 is -0.142. The molecule has 1 saturated heterocycles. The summed E-state index contributed by atoms with van der Waals surface area (Å²) in [6.45, 7) is 8.05. The van der Waals surface area contributed by atoms with E-state index in [4.69, 9.17) is 4.74 Å². The van der Waals surface area contributed by atoms with E-state index in [9.17, 15) is 18.0 Å². The van der Waals surface area contributed by atoms with Crippen LogP contribution < -0.4 is 10.6 Å². The molecule has 0 unspecified atom stereocenters. The van der Waals surface area contributed by atoms with Crippen LogP contribution in [0.15, 0.2) is 0 Å². The van der Waals surface area contributed by atoms with Crippen LogP contribution in [-0.4, -0.2) is 66.6 Å². The smallest absolute Gasteiger partial charge is 0.373 e. The van der Waals surface area contributed by atoms with Gasteiger partial charge in [-0.3, -0.25) is 4.90 Å². The van der Waals surface area contributed by atoms with Crippen molar-refractivity contribution in [2.45, 2.75) is 44.5 Å². The first kappa shape index (κ1) is 19.4. The Hall–Kier alpha value is -0.670. The lowest BCUT2D eigenvalue weighted by atomic mass is 10.2. The lowest BCUT2D eigenvalue weighted by Gasteiger charge is -2.38. The van der Waals surface area contributed by atoms with Crippen LogP contribution in [0.4, 0.5) is 18.0 Å².